The number of nitrogens with one attached hydrogen (secondary N) is 3. The van der Waals surface area contributed by atoms with E-state index in [-0.39, 0.29) is 18.0 Å². The third-order valence-electron chi connectivity index (χ3n) is 6.70. The van der Waals surface area contributed by atoms with E-state index >= 15 is 0 Å². The number of amides is 4. The zero-order chi connectivity index (χ0) is 28.3. The number of benzene rings is 1. The highest BCUT2D eigenvalue weighted by Gasteiger charge is 2.46. The summed E-state index contributed by atoms with van der Waals surface area (Å²) in [6.07, 6.45) is 1.24. The summed E-state index contributed by atoms with van der Waals surface area (Å²) >= 11 is 0. The van der Waals surface area contributed by atoms with E-state index in [0.717, 1.165) is 11.5 Å². The molecular formula is C28H28FN5O5. The molecule has 4 rings (SSSR count). The first-order chi connectivity index (χ1) is 18.5. The van der Waals surface area contributed by atoms with Crippen molar-refractivity contribution < 1.29 is 28.4 Å². The number of Topliss-reactive ketones (excluding diaryl/α,β-unsaturated/α-hetero) is 1. The molecule has 3 heterocycles. The molecule has 11 heteroatoms. The Kier molecular flexibility index (Phi) is 8.08. The van der Waals surface area contributed by atoms with Gasteiger partial charge in [0.15, 0.2) is 5.78 Å². The standard InChI is InChI=1S/C28H28FN5O5/c1-14(2)24(25(36)23-15(3)26(37)34-28(23)39)33-22(35)12-20(32-27(38)19-9-6-10-21(29)31-19)17-11-16-7-4-5-8-18(16)30-13-17/h4-11,13-15,20,23-24H,12H2,1-3H3,(H,32,38)(H,33,35)(H,34,37,39)/t15-,20?,23+,24-/m0/s1. The molecule has 10 nitrogen and oxygen atoms in total. The van der Waals surface area contributed by atoms with E-state index in [0.29, 0.717) is 11.1 Å². The Bertz CT molecular complexity index is 1460. The van der Waals surface area contributed by atoms with E-state index in [2.05, 4.69) is 25.9 Å². The fraction of sp³-hybridized carbons (Fsp3) is 0.321. The van der Waals surface area contributed by atoms with Crippen LogP contribution in [-0.2, 0) is 19.2 Å². The van der Waals surface area contributed by atoms with Crippen LogP contribution in [0.4, 0.5) is 4.39 Å². The Labute approximate surface area is 223 Å². The average molecular weight is 534 g/mol. The first kappa shape index (κ1) is 27.5. The van der Waals surface area contributed by atoms with Crippen molar-refractivity contribution in [2.75, 3.05) is 0 Å². The summed E-state index contributed by atoms with van der Waals surface area (Å²) in [6.45, 7) is 4.91. The predicted molar refractivity (Wildman–Crippen MR) is 138 cm³/mol. The molecule has 0 spiro atoms. The molecule has 4 atom stereocenters. The number of nitrogens with zero attached hydrogens (tertiary/aromatic N) is 2. The fourth-order valence-corrected chi connectivity index (χ4v) is 4.54. The minimum atomic E-state index is -1.20. The van der Waals surface area contributed by atoms with Gasteiger partial charge >= 0.3 is 0 Å². The molecule has 1 aromatic carbocycles. The third-order valence-corrected chi connectivity index (χ3v) is 6.70. The molecule has 1 saturated heterocycles. The lowest BCUT2D eigenvalue weighted by Gasteiger charge is -2.26. The van der Waals surface area contributed by atoms with Crippen LogP contribution in [0, 0.1) is 23.7 Å². The van der Waals surface area contributed by atoms with Gasteiger partial charge in [0.2, 0.25) is 23.7 Å². The molecule has 202 valence electrons. The smallest absolute Gasteiger partial charge is 0.270 e. The van der Waals surface area contributed by atoms with Crippen molar-refractivity contribution in [3.05, 3.63) is 71.9 Å². The molecule has 0 radical (unpaired) electrons. The summed E-state index contributed by atoms with van der Waals surface area (Å²) in [5.41, 5.74) is 1.05. The van der Waals surface area contributed by atoms with Gasteiger partial charge in [0.1, 0.15) is 11.6 Å². The topological polar surface area (TPSA) is 147 Å². The Morgan fingerprint density at radius 1 is 1.03 bits per heavy atom. The normalized spacial score (nSPS) is 18.5. The van der Waals surface area contributed by atoms with Gasteiger partial charge in [-0.05, 0) is 35.7 Å². The number of carbonyl (C=O) groups excluding carboxylic acids is 5. The summed E-state index contributed by atoms with van der Waals surface area (Å²) in [5.74, 6) is -6.34. The van der Waals surface area contributed by atoms with Crippen molar-refractivity contribution in [2.45, 2.75) is 39.3 Å². The Morgan fingerprint density at radius 2 is 1.77 bits per heavy atom. The van der Waals surface area contributed by atoms with Crippen molar-refractivity contribution in [3.63, 3.8) is 0 Å². The molecular weight excluding hydrogens is 505 g/mol. The molecule has 1 fully saturated rings. The van der Waals surface area contributed by atoms with Crippen LogP contribution >= 0.6 is 0 Å². The molecule has 39 heavy (non-hydrogen) atoms. The molecule has 0 saturated carbocycles. The van der Waals surface area contributed by atoms with Crippen LogP contribution in [0.25, 0.3) is 10.9 Å². The lowest BCUT2D eigenvalue weighted by molar-refractivity contribution is -0.137. The average Bonchev–Trinajstić information content (AvgIpc) is 3.16. The highest BCUT2D eigenvalue weighted by Crippen LogP contribution is 2.25. The quantitative estimate of drug-likeness (QED) is 0.217. The van der Waals surface area contributed by atoms with Crippen molar-refractivity contribution in [2.24, 2.45) is 17.8 Å². The SMILES string of the molecule is CC(C)[C@H](NC(=O)CC(NC(=O)c1cccc(F)n1)c1cnc2ccccc2c1)C(=O)[C@@H]1C(=O)NC(=O)[C@H]1C. The number of para-hydroxylation sites is 1. The minimum Gasteiger partial charge on any atom is -0.346 e. The maximum absolute atomic E-state index is 13.6. The van der Waals surface area contributed by atoms with E-state index < -0.39 is 59.3 Å². The Morgan fingerprint density at radius 3 is 2.44 bits per heavy atom. The van der Waals surface area contributed by atoms with Gasteiger partial charge in [0.05, 0.1) is 29.9 Å². The van der Waals surface area contributed by atoms with Crippen LogP contribution in [0.1, 0.15) is 49.3 Å². The molecule has 3 aromatic rings. The third kappa shape index (κ3) is 6.14. The second-order valence-corrected chi connectivity index (χ2v) is 9.85. The second-order valence-electron chi connectivity index (χ2n) is 9.85. The number of fused-ring (bicyclic) bond motifs is 1. The van der Waals surface area contributed by atoms with Gasteiger partial charge < -0.3 is 10.6 Å². The molecule has 3 N–H and O–H groups in total. The summed E-state index contributed by atoms with van der Waals surface area (Å²) in [7, 11) is 0. The van der Waals surface area contributed by atoms with E-state index in [9.17, 15) is 28.4 Å². The fourth-order valence-electron chi connectivity index (χ4n) is 4.54. The number of halogens is 1. The Balaban J connectivity index is 1.58. The highest BCUT2D eigenvalue weighted by atomic mass is 19.1. The number of imide groups is 1. The molecule has 4 amide bonds. The summed E-state index contributed by atoms with van der Waals surface area (Å²) in [6, 6.07) is 10.9. The van der Waals surface area contributed by atoms with E-state index in [1.54, 1.807) is 19.9 Å². The summed E-state index contributed by atoms with van der Waals surface area (Å²) in [5, 5.41) is 8.33. The molecule has 1 aliphatic rings. The van der Waals surface area contributed by atoms with Crippen molar-refractivity contribution >= 4 is 40.3 Å². The largest absolute Gasteiger partial charge is 0.346 e. The van der Waals surface area contributed by atoms with Crippen LogP contribution < -0.4 is 16.0 Å². The molecule has 0 bridgehead atoms. The van der Waals surface area contributed by atoms with Crippen LogP contribution in [0.3, 0.4) is 0 Å². The number of carbonyl (C=O) groups is 5. The van der Waals surface area contributed by atoms with E-state index in [1.165, 1.54) is 25.3 Å². The van der Waals surface area contributed by atoms with Gasteiger partial charge in [-0.1, -0.05) is 45.0 Å². The zero-order valence-corrected chi connectivity index (χ0v) is 21.6. The second kappa shape index (κ2) is 11.5. The first-order valence-corrected chi connectivity index (χ1v) is 12.5. The molecule has 1 aliphatic heterocycles. The number of rotatable bonds is 9. The van der Waals surface area contributed by atoms with Gasteiger partial charge in [-0.3, -0.25) is 34.3 Å². The van der Waals surface area contributed by atoms with Gasteiger partial charge in [-0.25, -0.2) is 4.98 Å². The van der Waals surface area contributed by atoms with Crippen molar-refractivity contribution in [1.29, 1.82) is 0 Å². The number of ketones is 1. The monoisotopic (exact) mass is 533 g/mol. The number of pyridine rings is 2. The predicted octanol–water partition coefficient (Wildman–Crippen LogP) is 2.25. The number of hydrogen-bond acceptors (Lipinski definition) is 7. The maximum Gasteiger partial charge on any atom is 0.270 e. The van der Waals surface area contributed by atoms with Crippen molar-refractivity contribution in [1.82, 2.24) is 25.9 Å². The number of hydrogen-bond donors (Lipinski definition) is 3. The summed E-state index contributed by atoms with van der Waals surface area (Å²) < 4.78 is 13.6. The summed E-state index contributed by atoms with van der Waals surface area (Å²) in [4.78, 5) is 71.6. The van der Waals surface area contributed by atoms with Gasteiger partial charge in [0.25, 0.3) is 5.91 Å². The Hall–Kier alpha value is -4.54. The molecule has 1 unspecified atom stereocenters. The lowest BCUT2D eigenvalue weighted by atomic mass is 9.85. The van der Waals surface area contributed by atoms with Crippen LogP contribution in [-0.4, -0.2) is 45.4 Å². The van der Waals surface area contributed by atoms with Gasteiger partial charge in [-0.2, -0.15) is 4.39 Å². The molecule has 0 aliphatic carbocycles. The van der Waals surface area contributed by atoms with E-state index in [1.807, 2.05) is 24.3 Å². The van der Waals surface area contributed by atoms with Crippen LogP contribution in [0.5, 0.6) is 0 Å². The van der Waals surface area contributed by atoms with Crippen molar-refractivity contribution in [3.8, 4) is 0 Å². The van der Waals surface area contributed by atoms with Crippen LogP contribution in [0.2, 0.25) is 0 Å². The molecule has 2 aromatic heterocycles. The highest BCUT2D eigenvalue weighted by molar-refractivity contribution is 6.16. The minimum absolute atomic E-state index is 0.171. The lowest BCUT2D eigenvalue weighted by Crippen LogP contribution is -2.49. The van der Waals surface area contributed by atoms with E-state index in [4.69, 9.17) is 0 Å². The van der Waals surface area contributed by atoms with Gasteiger partial charge in [-0.15, -0.1) is 0 Å². The van der Waals surface area contributed by atoms with Crippen LogP contribution in [0.15, 0.2) is 54.7 Å². The first-order valence-electron chi connectivity index (χ1n) is 12.5. The maximum atomic E-state index is 13.6. The number of aromatic nitrogens is 2. The zero-order valence-electron chi connectivity index (χ0n) is 21.6. The van der Waals surface area contributed by atoms with Gasteiger partial charge in [0, 0.05) is 11.6 Å².